The first kappa shape index (κ1) is 8.55. The molecule has 0 aliphatic rings. The maximum atomic E-state index is 12.0. The zero-order chi connectivity index (χ0) is 5.98. The summed E-state index contributed by atoms with van der Waals surface area (Å²) in [4.78, 5) is 0. The van der Waals surface area contributed by atoms with Crippen molar-refractivity contribution in [3.63, 3.8) is 0 Å². The van der Waals surface area contributed by atoms with Crippen molar-refractivity contribution >= 4 is 0 Å². The van der Waals surface area contributed by atoms with Crippen molar-refractivity contribution in [2.24, 2.45) is 0 Å². The van der Waals surface area contributed by atoms with E-state index in [4.69, 9.17) is 0 Å². The maximum Gasteiger partial charge on any atom is 1.00 e. The standard InChI is InChI=1S/C6H5FO.Li/c7-5-3-1-2-4-6(5)8;/h1-4,8H;/q;+1/p-1. The molecule has 0 unspecified atom stereocenters. The van der Waals surface area contributed by atoms with Crippen LogP contribution in [0, 0.1) is 5.82 Å². The van der Waals surface area contributed by atoms with Crippen molar-refractivity contribution in [3.05, 3.63) is 30.1 Å². The van der Waals surface area contributed by atoms with Crippen LogP contribution < -0.4 is 24.0 Å². The monoisotopic (exact) mass is 118 g/mol. The number of halogens is 1. The number of benzene rings is 1. The van der Waals surface area contributed by atoms with Crippen LogP contribution in [-0.4, -0.2) is 0 Å². The van der Waals surface area contributed by atoms with Gasteiger partial charge in [-0.3, -0.25) is 0 Å². The van der Waals surface area contributed by atoms with Crippen molar-refractivity contribution in [1.29, 1.82) is 0 Å². The van der Waals surface area contributed by atoms with Gasteiger partial charge in [-0.1, -0.05) is 23.9 Å². The van der Waals surface area contributed by atoms with Gasteiger partial charge in [0.05, 0.1) is 0 Å². The molecule has 0 heterocycles. The average Bonchev–Trinajstić information content (AvgIpc) is 1.77. The minimum atomic E-state index is -0.687. The van der Waals surface area contributed by atoms with Crippen molar-refractivity contribution in [2.75, 3.05) is 0 Å². The van der Waals surface area contributed by atoms with Gasteiger partial charge in [0.15, 0.2) is 0 Å². The van der Waals surface area contributed by atoms with Crippen molar-refractivity contribution in [2.45, 2.75) is 0 Å². The molecule has 1 nitrogen and oxygen atoms in total. The topological polar surface area (TPSA) is 23.1 Å². The Kier molecular flexibility index (Phi) is 3.37. The molecule has 0 N–H and O–H groups in total. The summed E-state index contributed by atoms with van der Waals surface area (Å²) < 4.78 is 12.0. The number of rotatable bonds is 0. The molecule has 0 aliphatic heterocycles. The SMILES string of the molecule is [Li+].[O-]c1ccccc1F. The minimum absolute atomic E-state index is 0. The van der Waals surface area contributed by atoms with Gasteiger partial charge in [0, 0.05) is 0 Å². The molecular weight excluding hydrogens is 114 g/mol. The Hall–Kier alpha value is -0.453. The minimum Gasteiger partial charge on any atom is -0.870 e. The zero-order valence-corrected chi connectivity index (χ0v) is 5.10. The van der Waals surface area contributed by atoms with Crippen LogP contribution in [-0.2, 0) is 0 Å². The Morgan fingerprint density at radius 1 is 1.22 bits per heavy atom. The Morgan fingerprint density at radius 2 is 1.78 bits per heavy atom. The van der Waals surface area contributed by atoms with Gasteiger partial charge in [0.25, 0.3) is 0 Å². The summed E-state index contributed by atoms with van der Waals surface area (Å²) in [6, 6.07) is 5.32. The molecule has 0 fully saturated rings. The molecule has 42 valence electrons. The smallest absolute Gasteiger partial charge is 0.870 e. The molecule has 0 amide bonds. The van der Waals surface area contributed by atoms with E-state index in [0.29, 0.717) is 0 Å². The Labute approximate surface area is 64.7 Å². The molecule has 3 heteroatoms. The summed E-state index contributed by atoms with van der Waals surface area (Å²) in [6.07, 6.45) is 0. The van der Waals surface area contributed by atoms with Gasteiger partial charge in [0.2, 0.25) is 0 Å². The summed E-state index contributed by atoms with van der Waals surface area (Å²) >= 11 is 0. The van der Waals surface area contributed by atoms with E-state index in [0.717, 1.165) is 6.07 Å². The molecule has 0 atom stereocenters. The average molecular weight is 118 g/mol. The fourth-order valence-corrected chi connectivity index (χ4v) is 0.445. The van der Waals surface area contributed by atoms with E-state index < -0.39 is 11.6 Å². The van der Waals surface area contributed by atoms with E-state index in [2.05, 4.69) is 0 Å². The van der Waals surface area contributed by atoms with E-state index in [-0.39, 0.29) is 18.9 Å². The predicted octanol–water partition coefficient (Wildman–Crippen LogP) is -2.10. The predicted molar refractivity (Wildman–Crippen MR) is 25.8 cm³/mol. The van der Waals surface area contributed by atoms with Gasteiger partial charge >= 0.3 is 18.9 Å². The summed E-state index contributed by atoms with van der Waals surface area (Å²) in [6.45, 7) is 0. The third-order valence-electron chi connectivity index (χ3n) is 0.837. The van der Waals surface area contributed by atoms with E-state index in [1.165, 1.54) is 18.2 Å². The Morgan fingerprint density at radius 3 is 2.11 bits per heavy atom. The van der Waals surface area contributed by atoms with Gasteiger partial charge in [-0.2, -0.15) is 0 Å². The van der Waals surface area contributed by atoms with Crippen LogP contribution in [0.4, 0.5) is 4.39 Å². The van der Waals surface area contributed by atoms with Crippen LogP contribution in [0.1, 0.15) is 0 Å². The maximum absolute atomic E-state index is 12.0. The normalized spacial score (nSPS) is 8.11. The van der Waals surface area contributed by atoms with Crippen molar-refractivity contribution in [3.8, 4) is 5.75 Å². The van der Waals surface area contributed by atoms with Crippen molar-refractivity contribution < 1.29 is 28.4 Å². The number of hydrogen-bond acceptors (Lipinski definition) is 1. The fraction of sp³-hybridized carbons (Fsp3) is 0. The molecule has 0 bridgehead atoms. The van der Waals surface area contributed by atoms with E-state index in [9.17, 15) is 9.50 Å². The van der Waals surface area contributed by atoms with Crippen LogP contribution >= 0.6 is 0 Å². The van der Waals surface area contributed by atoms with Crippen LogP contribution in [0.3, 0.4) is 0 Å². The molecule has 1 aromatic rings. The van der Waals surface area contributed by atoms with Crippen LogP contribution in [0.25, 0.3) is 0 Å². The Balaban J connectivity index is 0.000000640. The molecule has 0 aromatic heterocycles. The first-order valence-electron chi connectivity index (χ1n) is 2.22. The van der Waals surface area contributed by atoms with Gasteiger partial charge in [-0.25, -0.2) is 4.39 Å². The van der Waals surface area contributed by atoms with Gasteiger partial charge in [-0.15, -0.1) is 0 Å². The third kappa shape index (κ3) is 2.09. The van der Waals surface area contributed by atoms with Gasteiger partial charge < -0.3 is 5.11 Å². The van der Waals surface area contributed by atoms with Crippen LogP contribution in [0.15, 0.2) is 24.3 Å². The van der Waals surface area contributed by atoms with E-state index in [1.807, 2.05) is 0 Å². The molecule has 0 spiro atoms. The first-order valence-corrected chi connectivity index (χ1v) is 2.22. The summed E-state index contributed by atoms with van der Waals surface area (Å²) in [5.74, 6) is -1.24. The van der Waals surface area contributed by atoms with E-state index in [1.54, 1.807) is 0 Å². The first-order chi connectivity index (χ1) is 3.80. The summed E-state index contributed by atoms with van der Waals surface area (Å²) in [7, 11) is 0. The molecule has 0 saturated carbocycles. The van der Waals surface area contributed by atoms with Gasteiger partial charge in [0.1, 0.15) is 5.82 Å². The van der Waals surface area contributed by atoms with Crippen molar-refractivity contribution in [1.82, 2.24) is 0 Å². The summed E-state index contributed by atoms with van der Waals surface area (Å²) in [5, 5.41) is 10.2. The quantitative estimate of drug-likeness (QED) is 0.358. The molecule has 0 aliphatic carbocycles. The second kappa shape index (κ2) is 3.55. The molecule has 1 rings (SSSR count). The second-order valence-electron chi connectivity index (χ2n) is 1.43. The largest absolute Gasteiger partial charge is 1.00 e. The second-order valence-corrected chi connectivity index (χ2v) is 1.43. The van der Waals surface area contributed by atoms with E-state index >= 15 is 0 Å². The molecule has 0 radical (unpaired) electrons. The number of para-hydroxylation sites is 1. The molecule has 0 saturated heterocycles. The van der Waals surface area contributed by atoms with Crippen LogP contribution in [0.5, 0.6) is 5.75 Å². The fourth-order valence-electron chi connectivity index (χ4n) is 0.445. The van der Waals surface area contributed by atoms with Gasteiger partial charge in [-0.05, 0) is 6.07 Å². The molecule has 9 heavy (non-hydrogen) atoms. The Bertz CT molecular complexity index is 169. The number of hydrogen-bond donors (Lipinski definition) is 0. The zero-order valence-electron chi connectivity index (χ0n) is 5.10. The van der Waals surface area contributed by atoms with Crippen LogP contribution in [0.2, 0.25) is 0 Å². The summed E-state index contributed by atoms with van der Waals surface area (Å²) in [5.41, 5.74) is 0. The molecule has 1 aromatic carbocycles. The third-order valence-corrected chi connectivity index (χ3v) is 0.837. The molecular formula is C6H4FLiO.